The molecule has 0 bridgehead atoms. The molecule has 0 amide bonds. The number of benzene rings is 6. The molecule has 0 spiro atoms. The summed E-state index contributed by atoms with van der Waals surface area (Å²) >= 11 is 0.562. The van der Waals surface area contributed by atoms with Gasteiger partial charge < -0.3 is 20.1 Å². The highest BCUT2D eigenvalue weighted by Gasteiger charge is 2.30. The van der Waals surface area contributed by atoms with E-state index in [0.29, 0.717) is 34.2 Å². The predicted molar refractivity (Wildman–Crippen MR) is 282 cm³/mol. The van der Waals surface area contributed by atoms with Gasteiger partial charge in [-0.2, -0.15) is 60.3 Å². The number of azo groups is 3. The molecule has 0 saturated carbocycles. The predicted octanol–water partition coefficient (Wildman–Crippen LogP) is 7.86. The summed E-state index contributed by atoms with van der Waals surface area (Å²) in [6.07, 6.45) is -0.355. The number of thiazole rings is 1. The molecule has 430 valence electrons. The number of nitrogens with zero attached hydrogens (tertiary/aromatic N) is 9. The van der Waals surface area contributed by atoms with Gasteiger partial charge in [-0.15, -0.1) is 30.7 Å². The molecular formula is C43H33N9O23S7. The zero-order chi connectivity index (χ0) is 60.2. The minimum atomic E-state index is -5.60. The number of hydrogen-bond acceptors (Lipinski definition) is 25. The standard InChI is InChI=1S/C43H33N9O23S7/c1-20-12-30(31(75-10-5-11-77(57,58)59)19-29(20)46-50-43-44-36-32(76-43)16-25(79(63,64)65)17-33(36)80(66,67)68)47-48-37-34(81(69,70)71)18-27-26(39(37)53)8-9-28(40(27)82(72,73)74)45-49-38-35(21-6-3-2-4-7-21)51-52(41(38)54)23-13-22(42(55)56)14-24(15-23)78(60,61)62/h2-4,6-9,12-19,53-54H,5,10-11H2,1H3,(H,55,56)(H,57,58,59)(H,60,61,62)(H,63,64,65)(H,66,67,68)(H,69,70,71)(H,72,73,74). The van der Waals surface area contributed by atoms with Gasteiger partial charge in [-0.05, 0) is 73.5 Å². The zero-order valence-corrected chi connectivity index (χ0v) is 46.1. The number of rotatable bonds is 19. The number of carbonyl (C=O) groups is 1. The van der Waals surface area contributed by atoms with Gasteiger partial charge in [-0.25, -0.2) is 9.78 Å². The van der Waals surface area contributed by atoms with Crippen molar-refractivity contribution in [1.82, 2.24) is 14.8 Å². The lowest BCUT2D eigenvalue weighted by Crippen LogP contribution is -2.08. The Balaban J connectivity index is 1.23. The third-order valence-corrected chi connectivity index (χ3v) is 17.1. The van der Waals surface area contributed by atoms with Crippen molar-refractivity contribution in [2.45, 2.75) is 37.8 Å². The zero-order valence-electron chi connectivity index (χ0n) is 40.4. The first-order valence-electron chi connectivity index (χ1n) is 21.9. The number of aryl methyl sites for hydroxylation is 1. The van der Waals surface area contributed by atoms with Crippen molar-refractivity contribution in [3.05, 3.63) is 102 Å². The van der Waals surface area contributed by atoms with Crippen LogP contribution in [0.1, 0.15) is 22.3 Å². The highest BCUT2D eigenvalue weighted by molar-refractivity contribution is 7.87. The van der Waals surface area contributed by atoms with Crippen molar-refractivity contribution in [3.8, 4) is 34.3 Å². The minimum Gasteiger partial charge on any atom is -0.505 e. The molecule has 0 saturated heterocycles. The Morgan fingerprint density at radius 1 is 0.622 bits per heavy atom. The van der Waals surface area contributed by atoms with Crippen LogP contribution in [0, 0.1) is 6.92 Å². The van der Waals surface area contributed by atoms with Crippen LogP contribution in [0.25, 0.3) is 37.9 Å². The third kappa shape index (κ3) is 13.1. The Bertz CT molecular complexity index is 4820. The number of phenolic OH excluding ortho intramolecular Hbond substituents is 1. The van der Waals surface area contributed by atoms with Crippen LogP contribution in [0.2, 0.25) is 0 Å². The maximum atomic E-state index is 13.2. The Morgan fingerprint density at radius 2 is 1.24 bits per heavy atom. The van der Waals surface area contributed by atoms with Gasteiger partial charge >= 0.3 is 5.97 Å². The van der Waals surface area contributed by atoms with Gasteiger partial charge in [0.2, 0.25) is 11.0 Å². The minimum absolute atomic E-state index is 0.102. The molecule has 82 heavy (non-hydrogen) atoms. The monoisotopic (exact) mass is 1270 g/mol. The fourth-order valence-electron chi connectivity index (χ4n) is 7.51. The van der Waals surface area contributed by atoms with Gasteiger partial charge in [-0.3, -0.25) is 27.3 Å². The van der Waals surface area contributed by atoms with E-state index in [1.807, 2.05) is 0 Å². The van der Waals surface area contributed by atoms with Crippen LogP contribution in [0.15, 0.2) is 146 Å². The maximum absolute atomic E-state index is 13.2. The first-order chi connectivity index (χ1) is 38.0. The number of hydrogen-bond donors (Lipinski definition) is 9. The van der Waals surface area contributed by atoms with Crippen molar-refractivity contribution in [1.29, 1.82) is 0 Å². The highest BCUT2D eigenvalue weighted by Crippen LogP contribution is 2.48. The average molecular weight is 1270 g/mol. The van der Waals surface area contributed by atoms with E-state index >= 15 is 0 Å². The van der Waals surface area contributed by atoms with Crippen molar-refractivity contribution < 1.29 is 103 Å². The number of aromatic hydroxyl groups is 2. The van der Waals surface area contributed by atoms with Gasteiger partial charge in [0.05, 0.1) is 43.8 Å². The lowest BCUT2D eigenvalue weighted by Gasteiger charge is -2.13. The molecule has 2 heterocycles. The van der Waals surface area contributed by atoms with Gasteiger partial charge in [0, 0.05) is 22.4 Å². The number of carboxylic acids is 1. The van der Waals surface area contributed by atoms with Gasteiger partial charge in [0.15, 0.2) is 11.4 Å². The smallest absolute Gasteiger partial charge is 0.335 e. The SMILES string of the molecule is Cc1cc(N=Nc2c(S(=O)(=O)O)cc3c(S(=O)(=O)O)c(N=Nc4c(-c5ccccc5)nn(-c5cc(C(=O)O)cc(S(=O)(=O)O)c5)c4O)ccc3c2O)c(OCCCS(=O)(=O)O)cc1N=Nc1nc2c(S(=O)(=O)O)cc(S(=O)(=O)O)cc2s1. The van der Waals surface area contributed by atoms with E-state index in [-0.39, 0.29) is 50.2 Å². The number of aromatic nitrogens is 3. The van der Waals surface area contributed by atoms with Crippen molar-refractivity contribution in [3.63, 3.8) is 0 Å². The molecule has 6 aromatic carbocycles. The number of aromatic carboxylic acids is 1. The molecule has 2 aromatic heterocycles. The lowest BCUT2D eigenvalue weighted by atomic mass is 10.1. The second-order valence-electron chi connectivity index (χ2n) is 16.7. The average Bonchev–Trinajstić information content (AvgIpc) is 3.96. The van der Waals surface area contributed by atoms with E-state index in [9.17, 15) is 97.9 Å². The summed E-state index contributed by atoms with van der Waals surface area (Å²) in [5, 5.41) is 58.8. The number of ether oxygens (including phenoxy) is 1. The summed E-state index contributed by atoms with van der Waals surface area (Å²) in [4.78, 5) is 10.4. The third-order valence-electron chi connectivity index (χ3n) is 11.1. The van der Waals surface area contributed by atoms with Crippen molar-refractivity contribution in [2.75, 3.05) is 12.4 Å². The Hall–Kier alpha value is -8.19. The van der Waals surface area contributed by atoms with Crippen LogP contribution >= 0.6 is 11.3 Å². The van der Waals surface area contributed by atoms with E-state index in [1.54, 1.807) is 6.07 Å². The first kappa shape index (κ1) is 59.9. The normalized spacial score (nSPS) is 13.1. The maximum Gasteiger partial charge on any atom is 0.335 e. The molecule has 0 unspecified atom stereocenters. The summed E-state index contributed by atoms with van der Waals surface area (Å²) in [7, 11) is -30.9. The van der Waals surface area contributed by atoms with E-state index in [0.717, 1.165) is 42.5 Å². The quantitative estimate of drug-likeness (QED) is 0.0211. The molecule has 9 N–H and O–H groups in total. The van der Waals surface area contributed by atoms with E-state index in [4.69, 9.17) is 4.74 Å². The highest BCUT2D eigenvalue weighted by atomic mass is 32.2. The summed E-state index contributed by atoms with van der Waals surface area (Å²) in [5.74, 6) is -5.03. The molecule has 0 aliphatic heterocycles. The first-order valence-corrected chi connectivity index (χ1v) is 31.5. The van der Waals surface area contributed by atoms with Crippen LogP contribution in [-0.2, 0) is 60.7 Å². The summed E-state index contributed by atoms with van der Waals surface area (Å²) in [5.41, 5.74) is -4.56. The van der Waals surface area contributed by atoms with Crippen LogP contribution < -0.4 is 4.74 Å². The molecule has 0 aliphatic rings. The number of carboxylic acid groups (broad SMARTS) is 1. The van der Waals surface area contributed by atoms with Crippen LogP contribution in [0.5, 0.6) is 17.4 Å². The van der Waals surface area contributed by atoms with Gasteiger partial charge in [-0.1, -0.05) is 41.7 Å². The topological polar surface area (TPSA) is 518 Å². The molecule has 0 radical (unpaired) electrons. The Labute approximate surface area is 464 Å². The van der Waals surface area contributed by atoms with Crippen molar-refractivity contribution in [2.24, 2.45) is 30.7 Å². The Kier molecular flexibility index (Phi) is 16.0. The summed E-state index contributed by atoms with van der Waals surface area (Å²) < 4.78 is 213. The largest absolute Gasteiger partial charge is 0.505 e. The summed E-state index contributed by atoms with van der Waals surface area (Å²) in [6.45, 7) is 0.905. The van der Waals surface area contributed by atoms with Crippen LogP contribution in [0.4, 0.5) is 33.6 Å². The molecular weight excluding hydrogens is 1230 g/mol. The number of fused-ring (bicyclic) bond motifs is 2. The second-order valence-corrected chi connectivity index (χ2v) is 26.3. The van der Waals surface area contributed by atoms with E-state index in [1.165, 1.54) is 31.2 Å². The molecule has 0 atom stereocenters. The second kappa shape index (κ2) is 21.9. The molecule has 0 fully saturated rings. The fraction of sp³-hybridized carbons (Fsp3) is 0.0930. The molecule has 32 nitrogen and oxygen atoms in total. The van der Waals surface area contributed by atoms with E-state index in [2.05, 4.69) is 40.8 Å². The Morgan fingerprint density at radius 3 is 1.85 bits per heavy atom. The van der Waals surface area contributed by atoms with E-state index < -0.39 is 160 Å². The lowest BCUT2D eigenvalue weighted by molar-refractivity contribution is 0.0696. The van der Waals surface area contributed by atoms with Crippen molar-refractivity contribution >= 4 is 133 Å². The fourth-order valence-corrected chi connectivity index (χ4v) is 12.3. The van der Waals surface area contributed by atoms with Crippen LogP contribution in [0.3, 0.4) is 0 Å². The van der Waals surface area contributed by atoms with Gasteiger partial charge in [0.1, 0.15) is 48.7 Å². The molecule has 8 rings (SSSR count). The molecule has 0 aliphatic carbocycles. The van der Waals surface area contributed by atoms with Gasteiger partial charge in [0.25, 0.3) is 60.7 Å². The summed E-state index contributed by atoms with van der Waals surface area (Å²) in [6, 6.07) is 15.5. The van der Waals surface area contributed by atoms with Crippen LogP contribution in [-0.4, -0.2) is 126 Å². The number of phenols is 1. The molecule has 39 heteroatoms. The molecule has 8 aromatic rings.